The fourth-order valence-corrected chi connectivity index (χ4v) is 1.59. The number of carbonyl (C=O) groups excluding carboxylic acids is 1. The van der Waals surface area contributed by atoms with Crippen LogP contribution in [0.4, 0.5) is 5.69 Å². The number of ether oxygens (including phenoxy) is 1. The first-order valence-electron chi connectivity index (χ1n) is 5.53. The molecule has 18 heavy (non-hydrogen) atoms. The van der Waals surface area contributed by atoms with E-state index < -0.39 is 6.10 Å². The van der Waals surface area contributed by atoms with Crippen LogP contribution < -0.4 is 5.32 Å². The van der Waals surface area contributed by atoms with Crippen molar-refractivity contribution in [2.24, 2.45) is 0 Å². The highest BCUT2D eigenvalue weighted by molar-refractivity contribution is 6.44. The molecule has 0 saturated heterocycles. The fraction of sp³-hybridized carbons (Fsp3) is 0.308. The number of rotatable bonds is 6. The van der Waals surface area contributed by atoms with E-state index in [9.17, 15) is 4.79 Å². The maximum Gasteiger partial charge on any atom is 0.253 e. The number of halogens is 2. The van der Waals surface area contributed by atoms with Gasteiger partial charge in [0.1, 0.15) is 6.10 Å². The number of carbonyl (C=O) groups is 1. The highest BCUT2D eigenvalue weighted by Crippen LogP contribution is 2.29. The van der Waals surface area contributed by atoms with Crippen LogP contribution in [0.25, 0.3) is 0 Å². The van der Waals surface area contributed by atoms with Crippen molar-refractivity contribution < 1.29 is 9.53 Å². The van der Waals surface area contributed by atoms with Crippen molar-refractivity contribution in [3.05, 3.63) is 40.9 Å². The molecule has 0 heterocycles. The summed E-state index contributed by atoms with van der Waals surface area (Å²) in [5, 5.41) is 3.39. The highest BCUT2D eigenvalue weighted by atomic mass is 35.5. The molecule has 0 fully saturated rings. The molecule has 1 atom stereocenters. The van der Waals surface area contributed by atoms with Crippen LogP contribution in [0.3, 0.4) is 0 Å². The van der Waals surface area contributed by atoms with Gasteiger partial charge < -0.3 is 10.1 Å². The van der Waals surface area contributed by atoms with Crippen molar-refractivity contribution >= 4 is 34.8 Å². The van der Waals surface area contributed by atoms with E-state index in [2.05, 4.69) is 11.9 Å². The monoisotopic (exact) mass is 287 g/mol. The number of hydrogen-bond acceptors (Lipinski definition) is 2. The maximum atomic E-state index is 11.8. The standard InChI is InChI=1S/C13H15Cl2NO2/c1-3-4-8-18-9(2)13(17)16-11-7-5-6-10(14)12(11)15/h3,5-7,9H,1,4,8H2,2H3,(H,16,17). The molecule has 1 N–H and O–H groups in total. The third-order valence-corrected chi connectivity index (χ3v) is 3.09. The molecule has 1 aromatic carbocycles. The largest absolute Gasteiger partial charge is 0.368 e. The lowest BCUT2D eigenvalue weighted by Crippen LogP contribution is -2.28. The van der Waals surface area contributed by atoms with Gasteiger partial charge in [-0.2, -0.15) is 0 Å². The molecular formula is C13H15Cl2NO2. The van der Waals surface area contributed by atoms with E-state index in [0.717, 1.165) is 0 Å². The van der Waals surface area contributed by atoms with Gasteiger partial charge >= 0.3 is 0 Å². The van der Waals surface area contributed by atoms with Gasteiger partial charge in [0.2, 0.25) is 0 Å². The Hall–Kier alpha value is -1.03. The van der Waals surface area contributed by atoms with Crippen molar-refractivity contribution in [1.29, 1.82) is 0 Å². The third kappa shape index (κ3) is 4.33. The predicted molar refractivity (Wildman–Crippen MR) is 75.3 cm³/mol. The molecule has 1 rings (SSSR count). The average Bonchev–Trinajstić information content (AvgIpc) is 2.35. The summed E-state index contributed by atoms with van der Waals surface area (Å²) >= 11 is 11.8. The first-order valence-corrected chi connectivity index (χ1v) is 6.29. The minimum Gasteiger partial charge on any atom is -0.368 e. The Morgan fingerprint density at radius 1 is 1.56 bits per heavy atom. The zero-order valence-electron chi connectivity index (χ0n) is 10.1. The average molecular weight is 288 g/mol. The number of anilines is 1. The van der Waals surface area contributed by atoms with E-state index in [4.69, 9.17) is 27.9 Å². The SMILES string of the molecule is C=CCCOC(C)C(=O)Nc1cccc(Cl)c1Cl. The Labute approximate surface area is 117 Å². The maximum absolute atomic E-state index is 11.8. The highest BCUT2D eigenvalue weighted by Gasteiger charge is 2.15. The van der Waals surface area contributed by atoms with E-state index in [0.29, 0.717) is 28.8 Å². The van der Waals surface area contributed by atoms with Crippen LogP contribution >= 0.6 is 23.2 Å². The van der Waals surface area contributed by atoms with Crippen LogP contribution in [0.2, 0.25) is 10.0 Å². The molecule has 5 heteroatoms. The fourth-order valence-electron chi connectivity index (χ4n) is 1.24. The van der Waals surface area contributed by atoms with Gasteiger partial charge in [0.15, 0.2) is 0 Å². The normalized spacial score (nSPS) is 11.9. The van der Waals surface area contributed by atoms with E-state index in [-0.39, 0.29) is 5.91 Å². The number of nitrogens with one attached hydrogen (secondary N) is 1. The molecule has 0 spiro atoms. The van der Waals surface area contributed by atoms with Crippen LogP contribution in [0.1, 0.15) is 13.3 Å². The minimum absolute atomic E-state index is 0.261. The molecule has 0 radical (unpaired) electrons. The van der Waals surface area contributed by atoms with E-state index in [1.165, 1.54) is 0 Å². The molecule has 1 aromatic rings. The summed E-state index contributed by atoms with van der Waals surface area (Å²) in [5.41, 5.74) is 0.480. The first-order chi connectivity index (χ1) is 8.56. The van der Waals surface area contributed by atoms with Gasteiger partial charge in [-0.15, -0.1) is 6.58 Å². The molecule has 98 valence electrons. The van der Waals surface area contributed by atoms with Crippen molar-refractivity contribution in [3.63, 3.8) is 0 Å². The molecule has 3 nitrogen and oxygen atoms in total. The van der Waals surface area contributed by atoms with Gasteiger partial charge in [0.05, 0.1) is 22.3 Å². The second-order valence-electron chi connectivity index (χ2n) is 3.68. The van der Waals surface area contributed by atoms with Crippen LogP contribution in [0.15, 0.2) is 30.9 Å². The Kier molecular flexibility index (Phi) is 6.19. The number of benzene rings is 1. The Morgan fingerprint density at radius 2 is 2.28 bits per heavy atom. The Balaban J connectivity index is 2.58. The summed E-state index contributed by atoms with van der Waals surface area (Å²) in [6.45, 7) is 5.72. The molecule has 1 amide bonds. The Bertz CT molecular complexity index is 435. The lowest BCUT2D eigenvalue weighted by molar-refractivity contribution is -0.126. The second-order valence-corrected chi connectivity index (χ2v) is 4.47. The zero-order valence-corrected chi connectivity index (χ0v) is 11.6. The molecule has 0 aliphatic carbocycles. The summed E-state index contributed by atoms with van der Waals surface area (Å²) in [7, 11) is 0. The molecule has 0 aliphatic rings. The van der Waals surface area contributed by atoms with Gasteiger partial charge in [0.25, 0.3) is 5.91 Å². The third-order valence-electron chi connectivity index (χ3n) is 2.27. The van der Waals surface area contributed by atoms with Crippen molar-refractivity contribution in [3.8, 4) is 0 Å². The predicted octanol–water partition coefficient (Wildman–Crippen LogP) is 3.91. The number of amides is 1. The van der Waals surface area contributed by atoms with Crippen molar-refractivity contribution in [2.45, 2.75) is 19.4 Å². The quantitative estimate of drug-likeness (QED) is 0.636. The summed E-state index contributed by atoms with van der Waals surface area (Å²) in [6.07, 6.45) is 1.88. The summed E-state index contributed by atoms with van der Waals surface area (Å²) in [5.74, 6) is -0.261. The Morgan fingerprint density at radius 3 is 2.94 bits per heavy atom. The summed E-state index contributed by atoms with van der Waals surface area (Å²) < 4.78 is 5.33. The topological polar surface area (TPSA) is 38.3 Å². The van der Waals surface area contributed by atoms with Crippen molar-refractivity contribution in [1.82, 2.24) is 0 Å². The first kappa shape index (κ1) is 15.0. The summed E-state index contributed by atoms with van der Waals surface area (Å²) in [6, 6.07) is 5.05. The smallest absolute Gasteiger partial charge is 0.253 e. The second kappa shape index (κ2) is 7.41. The van der Waals surface area contributed by atoms with E-state index in [1.54, 1.807) is 31.2 Å². The van der Waals surface area contributed by atoms with Gasteiger partial charge in [-0.25, -0.2) is 0 Å². The number of hydrogen-bond donors (Lipinski definition) is 1. The molecule has 0 saturated carbocycles. The molecular weight excluding hydrogens is 273 g/mol. The molecule has 1 unspecified atom stereocenters. The van der Waals surface area contributed by atoms with Crippen LogP contribution in [0, 0.1) is 0 Å². The molecule has 0 bridgehead atoms. The molecule has 0 aliphatic heterocycles. The summed E-state index contributed by atoms with van der Waals surface area (Å²) in [4.78, 5) is 11.8. The lowest BCUT2D eigenvalue weighted by atomic mass is 10.3. The van der Waals surface area contributed by atoms with Gasteiger partial charge in [-0.1, -0.05) is 35.3 Å². The zero-order chi connectivity index (χ0) is 13.5. The molecule has 0 aromatic heterocycles. The van der Waals surface area contributed by atoms with Crippen LogP contribution in [-0.2, 0) is 9.53 Å². The minimum atomic E-state index is -0.556. The lowest BCUT2D eigenvalue weighted by Gasteiger charge is -2.14. The van der Waals surface area contributed by atoms with E-state index in [1.807, 2.05) is 0 Å². The van der Waals surface area contributed by atoms with Crippen molar-refractivity contribution in [2.75, 3.05) is 11.9 Å². The van der Waals surface area contributed by atoms with Gasteiger partial charge in [0, 0.05) is 0 Å². The van der Waals surface area contributed by atoms with Gasteiger partial charge in [-0.3, -0.25) is 4.79 Å². The van der Waals surface area contributed by atoms with E-state index >= 15 is 0 Å². The van der Waals surface area contributed by atoms with Crippen LogP contribution in [0.5, 0.6) is 0 Å². The van der Waals surface area contributed by atoms with Gasteiger partial charge in [-0.05, 0) is 25.5 Å². The van der Waals surface area contributed by atoms with Crippen LogP contribution in [-0.4, -0.2) is 18.6 Å².